The van der Waals surface area contributed by atoms with Crippen LogP contribution in [0.25, 0.3) is 10.9 Å². The van der Waals surface area contributed by atoms with E-state index >= 15 is 0 Å². The molecule has 1 amide bonds. The molecule has 1 aromatic heterocycles. The van der Waals surface area contributed by atoms with E-state index < -0.39 is 0 Å². The molecule has 168 valence electrons. The van der Waals surface area contributed by atoms with E-state index in [-0.39, 0.29) is 5.91 Å². The van der Waals surface area contributed by atoms with Gasteiger partial charge in [-0.25, -0.2) is 0 Å². The molecule has 2 N–H and O–H groups in total. The lowest BCUT2D eigenvalue weighted by atomic mass is 10.0. The number of anilines is 1. The van der Waals surface area contributed by atoms with Gasteiger partial charge in [0.25, 0.3) is 5.91 Å². The number of ether oxygens (including phenoxy) is 1. The van der Waals surface area contributed by atoms with Gasteiger partial charge >= 0.3 is 0 Å². The van der Waals surface area contributed by atoms with Crippen molar-refractivity contribution in [1.82, 2.24) is 9.88 Å². The third kappa shape index (κ3) is 3.84. The molecule has 6 heteroatoms. The van der Waals surface area contributed by atoms with Gasteiger partial charge in [0.15, 0.2) is 6.54 Å². The fraction of sp³-hybridized carbons (Fsp3) is 0.423. The van der Waals surface area contributed by atoms with Crippen LogP contribution in [-0.2, 0) is 17.8 Å². The number of carbonyl (C=O) groups is 1. The smallest absolute Gasteiger partial charge is 0.278 e. The molecule has 5 rings (SSSR count). The maximum absolute atomic E-state index is 13.2. The molecule has 0 saturated carbocycles. The number of fused-ring (bicyclic) bond motifs is 3. The zero-order chi connectivity index (χ0) is 22.2. The number of hydrogen-bond acceptors (Lipinski definition) is 3. The predicted molar refractivity (Wildman–Crippen MR) is 128 cm³/mol. The number of piperazine rings is 1. The van der Waals surface area contributed by atoms with Gasteiger partial charge < -0.3 is 24.4 Å². The van der Waals surface area contributed by atoms with Crippen molar-refractivity contribution >= 4 is 22.5 Å². The normalized spacial score (nSPS) is 17.0. The molecule has 0 bridgehead atoms. The van der Waals surface area contributed by atoms with Gasteiger partial charge in [-0.2, -0.15) is 0 Å². The largest absolute Gasteiger partial charge is 0.497 e. The number of amides is 1. The first-order valence-corrected chi connectivity index (χ1v) is 11.6. The Morgan fingerprint density at radius 1 is 1.12 bits per heavy atom. The van der Waals surface area contributed by atoms with Crippen LogP contribution in [0.5, 0.6) is 5.75 Å². The van der Waals surface area contributed by atoms with Crippen molar-refractivity contribution in [3.05, 3.63) is 58.8 Å². The van der Waals surface area contributed by atoms with E-state index in [1.807, 2.05) is 11.0 Å². The van der Waals surface area contributed by atoms with Crippen molar-refractivity contribution in [3.63, 3.8) is 0 Å². The van der Waals surface area contributed by atoms with Gasteiger partial charge in [-0.05, 0) is 49.2 Å². The first kappa shape index (κ1) is 20.9. The van der Waals surface area contributed by atoms with Crippen molar-refractivity contribution in [1.29, 1.82) is 0 Å². The summed E-state index contributed by atoms with van der Waals surface area (Å²) in [6.45, 7) is 10.4. The Balaban J connectivity index is 1.22. The van der Waals surface area contributed by atoms with Crippen LogP contribution in [0.4, 0.5) is 5.69 Å². The summed E-state index contributed by atoms with van der Waals surface area (Å²) in [6, 6.07) is 12.7. The third-order valence-electron chi connectivity index (χ3n) is 7.32. The van der Waals surface area contributed by atoms with Crippen LogP contribution >= 0.6 is 0 Å². The monoisotopic (exact) mass is 433 g/mol. The van der Waals surface area contributed by atoms with E-state index in [0.29, 0.717) is 13.1 Å². The molecular weight excluding hydrogens is 400 g/mol. The average Bonchev–Trinajstić information content (AvgIpc) is 3.18. The first-order valence-electron chi connectivity index (χ1n) is 11.6. The molecule has 32 heavy (non-hydrogen) atoms. The van der Waals surface area contributed by atoms with Gasteiger partial charge in [0.05, 0.1) is 33.3 Å². The summed E-state index contributed by atoms with van der Waals surface area (Å²) < 4.78 is 5.41. The number of carbonyl (C=O) groups excluding carboxylic acids is 1. The van der Waals surface area contributed by atoms with Gasteiger partial charge in [-0.1, -0.05) is 12.1 Å². The van der Waals surface area contributed by atoms with E-state index in [2.05, 4.69) is 54.1 Å². The Labute approximate surface area is 189 Å². The van der Waals surface area contributed by atoms with Crippen molar-refractivity contribution in [3.8, 4) is 5.75 Å². The van der Waals surface area contributed by atoms with Crippen molar-refractivity contribution in [2.24, 2.45) is 0 Å². The van der Waals surface area contributed by atoms with Crippen LogP contribution in [0.2, 0.25) is 0 Å². The minimum Gasteiger partial charge on any atom is -0.497 e. The van der Waals surface area contributed by atoms with E-state index in [0.717, 1.165) is 50.4 Å². The molecule has 0 radical (unpaired) electrons. The summed E-state index contributed by atoms with van der Waals surface area (Å²) in [5, 5.41) is 1.17. The molecule has 2 aliphatic rings. The molecule has 2 aromatic carbocycles. The van der Waals surface area contributed by atoms with Crippen LogP contribution in [0.15, 0.2) is 36.4 Å². The summed E-state index contributed by atoms with van der Waals surface area (Å²) in [7, 11) is 1.69. The summed E-state index contributed by atoms with van der Waals surface area (Å²) >= 11 is 0. The lowest BCUT2D eigenvalue weighted by Gasteiger charge is -2.35. The Hall–Kier alpha value is -2.99. The second kappa shape index (κ2) is 8.51. The Morgan fingerprint density at radius 2 is 1.94 bits per heavy atom. The minimum atomic E-state index is 0.267. The number of methoxy groups -OCH3 is 1. The topological polar surface area (TPSA) is 53.0 Å². The fourth-order valence-corrected chi connectivity index (χ4v) is 5.18. The molecule has 0 spiro atoms. The second-order valence-electron chi connectivity index (χ2n) is 9.19. The first-order chi connectivity index (χ1) is 15.5. The zero-order valence-electron chi connectivity index (χ0n) is 19.3. The van der Waals surface area contributed by atoms with Gasteiger partial charge in [0.1, 0.15) is 5.75 Å². The lowest BCUT2D eigenvalue weighted by Crippen LogP contribution is -3.15. The number of rotatable bonds is 4. The number of hydrogen-bond donors (Lipinski definition) is 2. The Morgan fingerprint density at radius 3 is 2.72 bits per heavy atom. The molecule has 2 aliphatic heterocycles. The molecule has 6 nitrogen and oxygen atoms in total. The number of benzene rings is 2. The highest BCUT2D eigenvalue weighted by Crippen LogP contribution is 2.30. The van der Waals surface area contributed by atoms with E-state index in [9.17, 15) is 4.79 Å². The van der Waals surface area contributed by atoms with E-state index in [1.54, 1.807) is 7.11 Å². The van der Waals surface area contributed by atoms with Gasteiger partial charge in [-0.15, -0.1) is 0 Å². The highest BCUT2D eigenvalue weighted by atomic mass is 16.5. The second-order valence-corrected chi connectivity index (χ2v) is 9.19. The summed E-state index contributed by atoms with van der Waals surface area (Å²) in [5.74, 6) is 1.12. The van der Waals surface area contributed by atoms with Crippen LogP contribution < -0.4 is 14.5 Å². The molecule has 0 atom stereocenters. The molecule has 1 saturated heterocycles. The number of quaternary nitrogens is 1. The summed E-state index contributed by atoms with van der Waals surface area (Å²) in [6.07, 6.45) is 0.883. The number of aromatic amines is 1. The number of aromatic nitrogens is 1. The van der Waals surface area contributed by atoms with Crippen molar-refractivity contribution in [2.75, 3.05) is 51.3 Å². The van der Waals surface area contributed by atoms with Gasteiger partial charge in [-0.3, -0.25) is 4.79 Å². The summed E-state index contributed by atoms with van der Waals surface area (Å²) in [4.78, 5) is 22.6. The number of nitrogens with one attached hydrogen (secondary N) is 2. The van der Waals surface area contributed by atoms with Crippen LogP contribution in [0, 0.1) is 13.8 Å². The molecule has 1 fully saturated rings. The van der Waals surface area contributed by atoms with Gasteiger partial charge in [0.2, 0.25) is 0 Å². The van der Waals surface area contributed by atoms with Crippen LogP contribution in [0.1, 0.15) is 22.4 Å². The van der Waals surface area contributed by atoms with Crippen molar-refractivity contribution in [2.45, 2.75) is 26.8 Å². The average molecular weight is 434 g/mol. The van der Waals surface area contributed by atoms with Crippen LogP contribution in [0.3, 0.4) is 0 Å². The predicted octanol–water partition coefficient (Wildman–Crippen LogP) is 2.08. The summed E-state index contributed by atoms with van der Waals surface area (Å²) in [5.41, 5.74) is 7.67. The highest BCUT2D eigenvalue weighted by molar-refractivity contribution is 5.87. The molecular formula is C26H33N4O2+. The Bertz CT molecular complexity index is 1140. The molecule has 0 aliphatic carbocycles. The number of nitrogens with zero attached hydrogens (tertiary/aromatic N) is 2. The maximum atomic E-state index is 13.2. The molecule has 0 unspecified atom stereocenters. The molecule has 3 heterocycles. The third-order valence-corrected chi connectivity index (χ3v) is 7.32. The quantitative estimate of drug-likeness (QED) is 0.663. The highest BCUT2D eigenvalue weighted by Gasteiger charge is 2.29. The number of aryl methyl sites for hydroxylation is 1. The van der Waals surface area contributed by atoms with Crippen molar-refractivity contribution < 1.29 is 14.4 Å². The fourth-order valence-electron chi connectivity index (χ4n) is 5.18. The number of H-pyrrole nitrogens is 1. The molecule has 3 aromatic rings. The van der Waals surface area contributed by atoms with E-state index in [1.165, 1.54) is 38.4 Å². The standard InChI is InChI=1S/C26H32N4O2/c1-18-5-4-6-25(19(18)2)29-13-11-28(12-14-29)17-26(31)30-10-9-24-22(16-30)21-15-20(32-3)7-8-23(21)27-24/h4-8,15,27H,9-14,16-17H2,1-3H3/p+1. The van der Waals surface area contributed by atoms with Crippen LogP contribution in [-0.4, -0.2) is 62.2 Å². The Kier molecular flexibility index (Phi) is 5.55. The maximum Gasteiger partial charge on any atom is 0.278 e. The van der Waals surface area contributed by atoms with E-state index in [4.69, 9.17) is 4.74 Å². The zero-order valence-corrected chi connectivity index (χ0v) is 19.3. The SMILES string of the molecule is COc1ccc2[nH]c3c(c2c1)CN(C(=O)C[NH+]1CCN(c2cccc(C)c2C)CC1)CC3. The lowest BCUT2D eigenvalue weighted by molar-refractivity contribution is -0.892. The van der Waals surface area contributed by atoms with Gasteiger partial charge in [0, 0.05) is 47.4 Å². The minimum absolute atomic E-state index is 0.267.